The summed E-state index contributed by atoms with van der Waals surface area (Å²) < 4.78 is 0. The fourth-order valence-corrected chi connectivity index (χ4v) is 2.05. The summed E-state index contributed by atoms with van der Waals surface area (Å²) >= 11 is 0. The number of carbonyl (C=O) groups is 2. The number of hydrogen-bond acceptors (Lipinski definition) is 3. The van der Waals surface area contributed by atoms with Gasteiger partial charge in [0.1, 0.15) is 0 Å². The van der Waals surface area contributed by atoms with Gasteiger partial charge in [0.25, 0.3) is 0 Å². The molecule has 1 unspecified atom stereocenters. The molecule has 0 spiro atoms. The van der Waals surface area contributed by atoms with E-state index in [1.54, 1.807) is 0 Å². The molecule has 5 heteroatoms. The minimum absolute atomic E-state index is 0.0409. The number of carbonyl (C=O) groups excluding carboxylic acids is 2. The molecule has 0 aromatic rings. The molecule has 1 aliphatic rings. The van der Waals surface area contributed by atoms with Crippen molar-refractivity contribution in [2.45, 2.75) is 38.6 Å². The van der Waals surface area contributed by atoms with Gasteiger partial charge in [0, 0.05) is 32.0 Å². The molecular weight excluding hydrogens is 218 g/mol. The van der Waals surface area contributed by atoms with Crippen molar-refractivity contribution in [2.75, 3.05) is 26.7 Å². The minimum Gasteiger partial charge on any atom is -0.352 e. The normalized spacial score (nSPS) is 17.3. The van der Waals surface area contributed by atoms with Crippen LogP contribution in [-0.4, -0.2) is 49.4 Å². The van der Waals surface area contributed by atoms with Crippen LogP contribution in [-0.2, 0) is 9.59 Å². The molecule has 1 heterocycles. The molecule has 17 heavy (non-hydrogen) atoms. The second-order valence-corrected chi connectivity index (χ2v) is 4.62. The predicted octanol–water partition coefficient (Wildman–Crippen LogP) is 0.113. The van der Waals surface area contributed by atoms with Gasteiger partial charge in [-0.05, 0) is 33.4 Å². The molecule has 1 fully saturated rings. The Morgan fingerprint density at radius 1 is 1.53 bits per heavy atom. The van der Waals surface area contributed by atoms with Crippen molar-refractivity contribution in [1.82, 2.24) is 15.5 Å². The van der Waals surface area contributed by atoms with Crippen LogP contribution < -0.4 is 10.6 Å². The topological polar surface area (TPSA) is 61.4 Å². The van der Waals surface area contributed by atoms with E-state index in [1.165, 1.54) is 0 Å². The Morgan fingerprint density at radius 3 is 2.88 bits per heavy atom. The average molecular weight is 241 g/mol. The van der Waals surface area contributed by atoms with Gasteiger partial charge in [0.05, 0.1) is 0 Å². The van der Waals surface area contributed by atoms with Crippen molar-refractivity contribution in [3.05, 3.63) is 0 Å². The largest absolute Gasteiger partial charge is 0.352 e. The van der Waals surface area contributed by atoms with Crippen LogP contribution in [0.25, 0.3) is 0 Å². The molecule has 98 valence electrons. The van der Waals surface area contributed by atoms with Crippen molar-refractivity contribution < 1.29 is 9.59 Å². The molecule has 0 aromatic heterocycles. The van der Waals surface area contributed by atoms with Gasteiger partial charge in [-0.15, -0.1) is 0 Å². The fraction of sp³-hybridized carbons (Fsp3) is 0.833. The molecule has 0 radical (unpaired) electrons. The number of nitrogens with zero attached hydrogens (tertiary/aromatic N) is 1. The molecule has 0 aromatic carbocycles. The van der Waals surface area contributed by atoms with Crippen molar-refractivity contribution in [2.24, 2.45) is 0 Å². The summed E-state index contributed by atoms with van der Waals surface area (Å²) in [6, 6.07) is 0.0409. The lowest BCUT2D eigenvalue weighted by molar-refractivity contribution is -0.129. The van der Waals surface area contributed by atoms with E-state index in [-0.39, 0.29) is 17.9 Å². The highest BCUT2D eigenvalue weighted by atomic mass is 16.2. The number of amides is 2. The molecule has 1 aliphatic heterocycles. The van der Waals surface area contributed by atoms with E-state index < -0.39 is 0 Å². The lowest BCUT2D eigenvalue weighted by Crippen LogP contribution is -2.42. The summed E-state index contributed by atoms with van der Waals surface area (Å²) in [5, 5.41) is 5.93. The van der Waals surface area contributed by atoms with E-state index in [2.05, 4.69) is 10.6 Å². The third-order valence-electron chi connectivity index (χ3n) is 2.90. The third-order valence-corrected chi connectivity index (χ3v) is 2.90. The van der Waals surface area contributed by atoms with Gasteiger partial charge in [0.15, 0.2) is 0 Å². The third kappa shape index (κ3) is 5.17. The number of rotatable bonds is 7. The standard InChI is InChI=1S/C12H23N3O2/c1-10(9-15-8-4-6-12(15)17)14-11(16)5-3-7-13-2/h10,13H,3-9H2,1-2H3,(H,14,16). The first-order valence-corrected chi connectivity index (χ1v) is 6.35. The highest BCUT2D eigenvalue weighted by molar-refractivity contribution is 5.78. The Balaban J connectivity index is 2.17. The van der Waals surface area contributed by atoms with Gasteiger partial charge in [-0.3, -0.25) is 9.59 Å². The Kier molecular flexibility index (Phi) is 5.97. The molecule has 0 saturated carbocycles. The molecule has 5 nitrogen and oxygen atoms in total. The SMILES string of the molecule is CNCCCC(=O)NC(C)CN1CCCC1=O. The summed E-state index contributed by atoms with van der Waals surface area (Å²) in [5.41, 5.74) is 0. The molecule has 2 N–H and O–H groups in total. The predicted molar refractivity (Wildman–Crippen MR) is 66.6 cm³/mol. The quantitative estimate of drug-likeness (QED) is 0.622. The van der Waals surface area contributed by atoms with Crippen molar-refractivity contribution in [1.29, 1.82) is 0 Å². The summed E-state index contributed by atoms with van der Waals surface area (Å²) in [5.74, 6) is 0.278. The average Bonchev–Trinajstić information content (AvgIpc) is 2.64. The summed E-state index contributed by atoms with van der Waals surface area (Å²) in [7, 11) is 1.87. The van der Waals surface area contributed by atoms with Gasteiger partial charge >= 0.3 is 0 Å². The lowest BCUT2D eigenvalue weighted by Gasteiger charge is -2.21. The second-order valence-electron chi connectivity index (χ2n) is 4.62. The number of hydrogen-bond donors (Lipinski definition) is 2. The monoisotopic (exact) mass is 241 g/mol. The zero-order chi connectivity index (χ0) is 12.7. The highest BCUT2D eigenvalue weighted by Gasteiger charge is 2.22. The molecule has 1 rings (SSSR count). The first kappa shape index (κ1) is 14.0. The molecule has 2 amide bonds. The smallest absolute Gasteiger partial charge is 0.222 e. The van der Waals surface area contributed by atoms with Crippen LogP contribution >= 0.6 is 0 Å². The van der Waals surface area contributed by atoms with Crippen LogP contribution in [0.4, 0.5) is 0 Å². The summed E-state index contributed by atoms with van der Waals surface area (Å²) in [6.45, 7) is 4.27. The van der Waals surface area contributed by atoms with Gasteiger partial charge in [-0.2, -0.15) is 0 Å². The van der Waals surface area contributed by atoms with Crippen LogP contribution in [0.3, 0.4) is 0 Å². The van der Waals surface area contributed by atoms with Crippen LogP contribution in [0.15, 0.2) is 0 Å². The number of nitrogens with one attached hydrogen (secondary N) is 2. The summed E-state index contributed by atoms with van der Waals surface area (Å²) in [4.78, 5) is 24.8. The van der Waals surface area contributed by atoms with Crippen LogP contribution in [0.1, 0.15) is 32.6 Å². The zero-order valence-corrected chi connectivity index (χ0v) is 10.8. The van der Waals surface area contributed by atoms with Crippen LogP contribution in [0, 0.1) is 0 Å². The maximum Gasteiger partial charge on any atom is 0.222 e. The van der Waals surface area contributed by atoms with E-state index in [9.17, 15) is 9.59 Å². The Bertz CT molecular complexity index is 268. The molecular formula is C12H23N3O2. The Morgan fingerprint density at radius 2 is 2.29 bits per heavy atom. The van der Waals surface area contributed by atoms with Crippen molar-refractivity contribution in [3.63, 3.8) is 0 Å². The molecule has 1 atom stereocenters. The maximum absolute atomic E-state index is 11.5. The van der Waals surface area contributed by atoms with E-state index in [1.807, 2.05) is 18.9 Å². The van der Waals surface area contributed by atoms with E-state index in [4.69, 9.17) is 0 Å². The van der Waals surface area contributed by atoms with E-state index in [0.717, 1.165) is 25.9 Å². The Labute approximate surface area is 103 Å². The van der Waals surface area contributed by atoms with Gasteiger partial charge in [-0.25, -0.2) is 0 Å². The second kappa shape index (κ2) is 7.27. The van der Waals surface area contributed by atoms with Gasteiger partial charge in [-0.1, -0.05) is 0 Å². The highest BCUT2D eigenvalue weighted by Crippen LogP contribution is 2.09. The van der Waals surface area contributed by atoms with Crippen molar-refractivity contribution >= 4 is 11.8 Å². The molecule has 0 bridgehead atoms. The minimum atomic E-state index is 0.0409. The lowest BCUT2D eigenvalue weighted by atomic mass is 10.2. The van der Waals surface area contributed by atoms with Crippen LogP contribution in [0.2, 0.25) is 0 Å². The van der Waals surface area contributed by atoms with E-state index in [0.29, 0.717) is 19.4 Å². The zero-order valence-electron chi connectivity index (χ0n) is 10.8. The molecule has 1 saturated heterocycles. The first-order chi connectivity index (χ1) is 8.13. The fourth-order valence-electron chi connectivity index (χ4n) is 2.05. The van der Waals surface area contributed by atoms with Gasteiger partial charge in [0.2, 0.25) is 11.8 Å². The van der Waals surface area contributed by atoms with Gasteiger partial charge < -0.3 is 15.5 Å². The number of likely N-dealkylation sites (tertiary alicyclic amines) is 1. The van der Waals surface area contributed by atoms with Crippen LogP contribution in [0.5, 0.6) is 0 Å². The Hall–Kier alpha value is -1.10. The maximum atomic E-state index is 11.5. The van der Waals surface area contributed by atoms with E-state index >= 15 is 0 Å². The van der Waals surface area contributed by atoms with Crippen molar-refractivity contribution in [3.8, 4) is 0 Å². The first-order valence-electron chi connectivity index (χ1n) is 6.35. The summed E-state index contributed by atoms with van der Waals surface area (Å²) in [6.07, 6.45) is 2.99. The molecule has 0 aliphatic carbocycles.